The van der Waals surface area contributed by atoms with Crippen LogP contribution in [0.15, 0.2) is 30.0 Å². The van der Waals surface area contributed by atoms with Crippen LogP contribution in [0.2, 0.25) is 5.02 Å². The Morgan fingerprint density at radius 1 is 1.28 bits per heavy atom. The van der Waals surface area contributed by atoms with Crippen molar-refractivity contribution >= 4 is 23.1 Å². The minimum absolute atomic E-state index is 0.0284. The third-order valence-electron chi connectivity index (χ3n) is 3.22. The van der Waals surface area contributed by atoms with E-state index in [1.807, 2.05) is 25.1 Å². The van der Waals surface area contributed by atoms with Gasteiger partial charge in [-0.3, -0.25) is 4.79 Å². The molecule has 0 bridgehead atoms. The van der Waals surface area contributed by atoms with E-state index in [1.54, 1.807) is 6.08 Å². The highest BCUT2D eigenvalue weighted by Crippen LogP contribution is 2.35. The second-order valence-corrected chi connectivity index (χ2v) is 6.10. The Morgan fingerprint density at radius 3 is 2.67 bits per heavy atom. The van der Waals surface area contributed by atoms with E-state index in [9.17, 15) is 4.79 Å². The molecule has 1 aromatic rings. The number of anilines is 1. The number of nitrogens with one attached hydrogen (secondary N) is 1. The Balaban J connectivity index is 2.24. The second-order valence-electron chi connectivity index (χ2n) is 5.69. The topological polar surface area (TPSA) is 29.1 Å². The smallest absolute Gasteiger partial charge is 0.157 e. The van der Waals surface area contributed by atoms with Crippen LogP contribution in [0.25, 0.3) is 0 Å². The van der Waals surface area contributed by atoms with Crippen molar-refractivity contribution in [1.82, 2.24) is 0 Å². The summed E-state index contributed by atoms with van der Waals surface area (Å²) in [5.41, 5.74) is 2.98. The standard InChI is InChI=1S/C15H18ClNO/c1-10-13(16)5-4-6-14(10)17-11-7-12(18)9-15(2,3)8-11/h4-7,17H,8-9H2,1-3H3. The van der Waals surface area contributed by atoms with Gasteiger partial charge < -0.3 is 5.32 Å². The number of allylic oxidation sites excluding steroid dienone is 2. The van der Waals surface area contributed by atoms with Crippen molar-refractivity contribution in [2.24, 2.45) is 5.41 Å². The van der Waals surface area contributed by atoms with E-state index in [2.05, 4.69) is 19.2 Å². The lowest BCUT2D eigenvalue weighted by Crippen LogP contribution is -2.24. The first-order valence-electron chi connectivity index (χ1n) is 6.13. The summed E-state index contributed by atoms with van der Waals surface area (Å²) >= 11 is 6.09. The summed E-state index contributed by atoms with van der Waals surface area (Å²) in [5, 5.41) is 4.07. The molecule has 1 aliphatic carbocycles. The van der Waals surface area contributed by atoms with E-state index >= 15 is 0 Å². The monoisotopic (exact) mass is 263 g/mol. The van der Waals surface area contributed by atoms with Gasteiger partial charge in [-0.1, -0.05) is 31.5 Å². The van der Waals surface area contributed by atoms with E-state index in [0.717, 1.165) is 28.4 Å². The molecule has 2 rings (SSSR count). The summed E-state index contributed by atoms with van der Waals surface area (Å²) in [5.74, 6) is 0.188. The summed E-state index contributed by atoms with van der Waals surface area (Å²) in [6, 6.07) is 5.76. The highest BCUT2D eigenvalue weighted by atomic mass is 35.5. The van der Waals surface area contributed by atoms with Gasteiger partial charge in [0.25, 0.3) is 0 Å². The van der Waals surface area contributed by atoms with Crippen molar-refractivity contribution in [2.45, 2.75) is 33.6 Å². The number of halogens is 1. The van der Waals surface area contributed by atoms with Crippen LogP contribution in [0.5, 0.6) is 0 Å². The van der Waals surface area contributed by atoms with Gasteiger partial charge in [0.05, 0.1) is 0 Å². The Labute approximate surface area is 113 Å². The molecule has 96 valence electrons. The lowest BCUT2D eigenvalue weighted by Gasteiger charge is -2.29. The lowest BCUT2D eigenvalue weighted by atomic mass is 9.79. The molecule has 1 N–H and O–H groups in total. The van der Waals surface area contributed by atoms with E-state index in [-0.39, 0.29) is 11.2 Å². The molecule has 1 aromatic carbocycles. The van der Waals surface area contributed by atoms with Crippen LogP contribution in [0, 0.1) is 12.3 Å². The zero-order chi connectivity index (χ0) is 13.3. The second kappa shape index (κ2) is 4.77. The maximum absolute atomic E-state index is 11.7. The zero-order valence-corrected chi connectivity index (χ0v) is 11.8. The average Bonchev–Trinajstić information content (AvgIpc) is 2.22. The Morgan fingerprint density at radius 2 is 2.00 bits per heavy atom. The van der Waals surface area contributed by atoms with Crippen LogP contribution in [0.3, 0.4) is 0 Å². The van der Waals surface area contributed by atoms with Gasteiger partial charge in [-0.05, 0) is 36.5 Å². The Kier molecular flexibility index (Phi) is 3.49. The fourth-order valence-corrected chi connectivity index (χ4v) is 2.52. The molecule has 0 radical (unpaired) electrons. The molecule has 0 heterocycles. The van der Waals surface area contributed by atoms with Crippen molar-refractivity contribution in [1.29, 1.82) is 0 Å². The van der Waals surface area contributed by atoms with E-state index in [0.29, 0.717) is 6.42 Å². The lowest BCUT2D eigenvalue weighted by molar-refractivity contribution is -0.117. The predicted molar refractivity (Wildman–Crippen MR) is 75.9 cm³/mol. The Hall–Kier alpha value is -1.28. The number of ketones is 1. The van der Waals surface area contributed by atoms with Crippen LogP contribution < -0.4 is 5.32 Å². The fourth-order valence-electron chi connectivity index (χ4n) is 2.34. The van der Waals surface area contributed by atoms with Gasteiger partial charge in [0, 0.05) is 28.9 Å². The molecule has 0 amide bonds. The van der Waals surface area contributed by atoms with Crippen LogP contribution in [0.4, 0.5) is 5.69 Å². The molecular weight excluding hydrogens is 246 g/mol. The SMILES string of the molecule is Cc1c(Cl)cccc1NC1=CC(=O)CC(C)(C)C1. The minimum Gasteiger partial charge on any atom is -0.359 e. The Bertz CT molecular complexity index is 517. The first-order valence-corrected chi connectivity index (χ1v) is 6.51. The average molecular weight is 264 g/mol. The van der Waals surface area contributed by atoms with Crippen molar-refractivity contribution in [2.75, 3.05) is 5.32 Å². The first-order chi connectivity index (χ1) is 8.37. The summed E-state index contributed by atoms with van der Waals surface area (Å²) in [4.78, 5) is 11.7. The zero-order valence-electron chi connectivity index (χ0n) is 11.0. The molecular formula is C15H18ClNO. The number of hydrogen-bond acceptors (Lipinski definition) is 2. The third kappa shape index (κ3) is 2.94. The van der Waals surface area contributed by atoms with Gasteiger partial charge in [-0.25, -0.2) is 0 Å². The quantitative estimate of drug-likeness (QED) is 0.860. The molecule has 2 nitrogen and oxygen atoms in total. The van der Waals surface area contributed by atoms with Gasteiger partial charge in [0.1, 0.15) is 0 Å². The largest absolute Gasteiger partial charge is 0.359 e. The molecule has 18 heavy (non-hydrogen) atoms. The van der Waals surface area contributed by atoms with Gasteiger partial charge >= 0.3 is 0 Å². The molecule has 0 fully saturated rings. The predicted octanol–water partition coefficient (Wildman–Crippen LogP) is 4.33. The number of carbonyl (C=O) groups is 1. The molecule has 0 spiro atoms. The molecule has 0 saturated carbocycles. The van der Waals surface area contributed by atoms with E-state index < -0.39 is 0 Å². The van der Waals surface area contributed by atoms with Gasteiger partial charge in [-0.2, -0.15) is 0 Å². The number of hydrogen-bond donors (Lipinski definition) is 1. The molecule has 3 heteroatoms. The van der Waals surface area contributed by atoms with Crippen LogP contribution in [-0.2, 0) is 4.79 Å². The summed E-state index contributed by atoms with van der Waals surface area (Å²) in [6.45, 7) is 6.20. The molecule has 0 aliphatic heterocycles. The summed E-state index contributed by atoms with van der Waals surface area (Å²) in [6.07, 6.45) is 3.21. The van der Waals surface area contributed by atoms with Crippen molar-refractivity contribution in [3.05, 3.63) is 40.6 Å². The van der Waals surface area contributed by atoms with Gasteiger partial charge in [0.15, 0.2) is 5.78 Å². The summed E-state index contributed by atoms with van der Waals surface area (Å²) in [7, 11) is 0. The molecule has 0 saturated heterocycles. The molecule has 0 aromatic heterocycles. The highest BCUT2D eigenvalue weighted by molar-refractivity contribution is 6.31. The van der Waals surface area contributed by atoms with Crippen molar-refractivity contribution < 1.29 is 4.79 Å². The van der Waals surface area contributed by atoms with E-state index in [1.165, 1.54) is 0 Å². The van der Waals surface area contributed by atoms with Crippen LogP contribution in [-0.4, -0.2) is 5.78 Å². The van der Waals surface area contributed by atoms with Crippen LogP contribution >= 0.6 is 11.6 Å². The third-order valence-corrected chi connectivity index (χ3v) is 3.63. The molecule has 0 atom stereocenters. The maximum Gasteiger partial charge on any atom is 0.157 e. The van der Waals surface area contributed by atoms with E-state index in [4.69, 9.17) is 11.6 Å². The minimum atomic E-state index is 0.0284. The maximum atomic E-state index is 11.7. The number of carbonyl (C=O) groups excluding carboxylic acids is 1. The van der Waals surface area contributed by atoms with Gasteiger partial charge in [0.2, 0.25) is 0 Å². The molecule has 1 aliphatic rings. The highest BCUT2D eigenvalue weighted by Gasteiger charge is 2.27. The van der Waals surface area contributed by atoms with Crippen molar-refractivity contribution in [3.63, 3.8) is 0 Å². The van der Waals surface area contributed by atoms with Crippen molar-refractivity contribution in [3.8, 4) is 0 Å². The normalized spacial score (nSPS) is 18.4. The first kappa shape index (κ1) is 13.2. The number of benzene rings is 1. The summed E-state index contributed by atoms with van der Waals surface area (Å²) < 4.78 is 0. The number of rotatable bonds is 2. The van der Waals surface area contributed by atoms with Gasteiger partial charge in [-0.15, -0.1) is 0 Å². The van der Waals surface area contributed by atoms with Crippen LogP contribution in [0.1, 0.15) is 32.3 Å². The molecule has 0 unspecified atom stereocenters. The fraction of sp³-hybridized carbons (Fsp3) is 0.400.